The topological polar surface area (TPSA) is 70.7 Å². The van der Waals surface area contributed by atoms with Gasteiger partial charge in [-0.15, -0.1) is 11.3 Å². The highest BCUT2D eigenvalue weighted by atomic mass is 35.5. The standard InChI is InChI=1S/C20H14ClNO4S/c1-11-8-10-27-19(11)16-15(17(23)14-3-2-9-26-14)18(24)20(25)22(16)13-6-4-12(21)5-7-13/h2-10,16,24H,1H3. The van der Waals surface area contributed by atoms with Crippen molar-refractivity contribution < 1.29 is 19.1 Å². The van der Waals surface area contributed by atoms with Gasteiger partial charge in [-0.2, -0.15) is 0 Å². The number of ketones is 1. The molecule has 5 nitrogen and oxygen atoms in total. The van der Waals surface area contributed by atoms with Gasteiger partial charge in [-0.25, -0.2) is 0 Å². The SMILES string of the molecule is Cc1ccsc1C1C(C(=O)c2ccco2)=C(O)C(=O)N1c1ccc(Cl)cc1. The summed E-state index contributed by atoms with van der Waals surface area (Å²) in [5.41, 5.74) is 1.47. The highest BCUT2D eigenvalue weighted by Gasteiger charge is 2.46. The van der Waals surface area contributed by atoms with Crippen LogP contribution in [0.3, 0.4) is 0 Å². The number of aliphatic hydroxyl groups is 1. The van der Waals surface area contributed by atoms with Gasteiger partial charge >= 0.3 is 0 Å². The molecule has 2 aromatic heterocycles. The van der Waals surface area contributed by atoms with Crippen LogP contribution in [0.1, 0.15) is 27.0 Å². The highest BCUT2D eigenvalue weighted by molar-refractivity contribution is 7.10. The third-order valence-corrected chi connectivity index (χ3v) is 5.78. The first-order chi connectivity index (χ1) is 13.0. The number of aliphatic hydroxyl groups excluding tert-OH is 1. The number of anilines is 1. The van der Waals surface area contributed by atoms with E-state index in [1.807, 2.05) is 18.4 Å². The minimum absolute atomic E-state index is 0.00968. The average molecular weight is 400 g/mol. The number of hydrogen-bond donors (Lipinski definition) is 1. The number of amides is 1. The van der Waals surface area contributed by atoms with E-state index in [0.29, 0.717) is 10.7 Å². The van der Waals surface area contributed by atoms with Crippen molar-refractivity contribution in [2.45, 2.75) is 13.0 Å². The minimum atomic E-state index is -0.740. The van der Waals surface area contributed by atoms with Crippen LogP contribution in [0.2, 0.25) is 5.02 Å². The second-order valence-corrected chi connectivity index (χ2v) is 7.47. The zero-order valence-electron chi connectivity index (χ0n) is 14.2. The first-order valence-electron chi connectivity index (χ1n) is 8.13. The monoisotopic (exact) mass is 399 g/mol. The lowest BCUT2D eigenvalue weighted by molar-refractivity contribution is -0.117. The van der Waals surface area contributed by atoms with Gasteiger partial charge in [0.25, 0.3) is 5.91 Å². The number of nitrogens with zero attached hydrogens (tertiary/aromatic N) is 1. The fourth-order valence-corrected chi connectivity index (χ4v) is 4.31. The molecular formula is C20H14ClNO4S. The van der Waals surface area contributed by atoms with Gasteiger partial charge < -0.3 is 9.52 Å². The van der Waals surface area contributed by atoms with Crippen molar-refractivity contribution >= 4 is 40.3 Å². The van der Waals surface area contributed by atoms with E-state index in [1.165, 1.54) is 28.6 Å². The Bertz CT molecular complexity index is 1050. The molecule has 0 bridgehead atoms. The lowest BCUT2D eigenvalue weighted by Crippen LogP contribution is -2.30. The Balaban J connectivity index is 1.89. The molecule has 1 aliphatic rings. The molecule has 0 saturated carbocycles. The number of halogens is 1. The Kier molecular flexibility index (Phi) is 4.37. The Hall–Kier alpha value is -2.83. The quantitative estimate of drug-likeness (QED) is 0.620. The lowest BCUT2D eigenvalue weighted by Gasteiger charge is -2.26. The number of thiophene rings is 1. The van der Waals surface area contributed by atoms with Crippen LogP contribution >= 0.6 is 22.9 Å². The van der Waals surface area contributed by atoms with E-state index in [0.717, 1.165) is 10.4 Å². The molecule has 0 aliphatic carbocycles. The maximum Gasteiger partial charge on any atom is 0.294 e. The van der Waals surface area contributed by atoms with Crippen molar-refractivity contribution in [2.75, 3.05) is 4.90 Å². The molecule has 4 rings (SSSR count). The van der Waals surface area contributed by atoms with Crippen LogP contribution in [0, 0.1) is 6.92 Å². The van der Waals surface area contributed by atoms with Gasteiger partial charge in [0.15, 0.2) is 11.5 Å². The van der Waals surface area contributed by atoms with Gasteiger partial charge in [-0.3, -0.25) is 14.5 Å². The summed E-state index contributed by atoms with van der Waals surface area (Å²) in [6.45, 7) is 1.90. The molecule has 1 aromatic carbocycles. The molecule has 3 heterocycles. The smallest absolute Gasteiger partial charge is 0.294 e. The predicted molar refractivity (Wildman–Crippen MR) is 103 cm³/mol. The maximum absolute atomic E-state index is 13.0. The van der Waals surface area contributed by atoms with Crippen LogP contribution < -0.4 is 4.90 Å². The van der Waals surface area contributed by atoms with Gasteiger partial charge in [-0.05, 0) is 60.3 Å². The van der Waals surface area contributed by atoms with Crippen LogP contribution in [-0.4, -0.2) is 16.8 Å². The molecule has 0 fully saturated rings. The number of rotatable bonds is 4. The molecule has 0 spiro atoms. The Morgan fingerprint density at radius 2 is 1.96 bits per heavy atom. The van der Waals surface area contributed by atoms with E-state index in [-0.39, 0.29) is 11.3 Å². The van der Waals surface area contributed by atoms with Crippen molar-refractivity contribution in [2.24, 2.45) is 0 Å². The summed E-state index contributed by atoms with van der Waals surface area (Å²) in [7, 11) is 0. The van der Waals surface area contributed by atoms with Crippen LogP contribution in [0.5, 0.6) is 0 Å². The molecular weight excluding hydrogens is 386 g/mol. The number of carbonyl (C=O) groups excluding carboxylic acids is 2. The predicted octanol–water partition coefficient (Wildman–Crippen LogP) is 5.09. The van der Waals surface area contributed by atoms with Crippen LogP contribution in [0.25, 0.3) is 0 Å². The molecule has 3 aromatic rings. The van der Waals surface area contributed by atoms with Crippen molar-refractivity contribution in [1.82, 2.24) is 0 Å². The van der Waals surface area contributed by atoms with Gasteiger partial charge in [0.05, 0.1) is 11.8 Å². The Morgan fingerprint density at radius 1 is 1.22 bits per heavy atom. The van der Waals surface area contributed by atoms with Crippen LogP contribution in [0.15, 0.2) is 69.9 Å². The third-order valence-electron chi connectivity index (χ3n) is 4.45. The Labute approximate surface area is 164 Å². The van der Waals surface area contributed by atoms with Gasteiger partial charge in [-0.1, -0.05) is 11.6 Å². The van der Waals surface area contributed by atoms with Crippen LogP contribution in [0.4, 0.5) is 5.69 Å². The summed E-state index contributed by atoms with van der Waals surface area (Å²) in [5.74, 6) is -1.64. The molecule has 27 heavy (non-hydrogen) atoms. The van der Waals surface area contributed by atoms with Crippen molar-refractivity contribution in [3.63, 3.8) is 0 Å². The zero-order chi connectivity index (χ0) is 19.1. The number of aryl methyl sites for hydroxylation is 1. The zero-order valence-corrected chi connectivity index (χ0v) is 15.8. The molecule has 1 amide bonds. The van der Waals surface area contributed by atoms with Crippen molar-refractivity contribution in [3.05, 3.63) is 86.7 Å². The third kappa shape index (κ3) is 2.87. The van der Waals surface area contributed by atoms with Gasteiger partial charge in [0.2, 0.25) is 5.78 Å². The van der Waals surface area contributed by atoms with E-state index in [1.54, 1.807) is 30.3 Å². The lowest BCUT2D eigenvalue weighted by atomic mass is 9.98. The first-order valence-corrected chi connectivity index (χ1v) is 9.39. The van der Waals surface area contributed by atoms with Gasteiger partial charge in [0.1, 0.15) is 6.04 Å². The van der Waals surface area contributed by atoms with Crippen LogP contribution in [-0.2, 0) is 4.79 Å². The number of hydrogen-bond acceptors (Lipinski definition) is 5. The molecule has 1 aliphatic heterocycles. The van der Waals surface area contributed by atoms with E-state index in [2.05, 4.69) is 0 Å². The average Bonchev–Trinajstić information content (AvgIpc) is 3.37. The van der Waals surface area contributed by atoms with Crippen molar-refractivity contribution in [3.8, 4) is 0 Å². The second-order valence-electron chi connectivity index (χ2n) is 6.09. The second kappa shape index (κ2) is 6.72. The van der Waals surface area contributed by atoms with Gasteiger partial charge in [0, 0.05) is 15.6 Å². The normalized spacial score (nSPS) is 17.0. The Morgan fingerprint density at radius 3 is 2.56 bits per heavy atom. The largest absolute Gasteiger partial charge is 0.503 e. The molecule has 1 atom stereocenters. The summed E-state index contributed by atoms with van der Waals surface area (Å²) in [6.07, 6.45) is 1.38. The molecule has 7 heteroatoms. The highest BCUT2D eigenvalue weighted by Crippen LogP contribution is 2.44. The summed E-state index contributed by atoms with van der Waals surface area (Å²) in [5, 5.41) is 13.0. The fourth-order valence-electron chi connectivity index (χ4n) is 3.16. The fraction of sp³-hybridized carbons (Fsp3) is 0.100. The molecule has 1 N–H and O–H groups in total. The first kappa shape index (κ1) is 17.6. The summed E-state index contributed by atoms with van der Waals surface area (Å²) >= 11 is 7.39. The number of furan rings is 1. The van der Waals surface area contributed by atoms with E-state index >= 15 is 0 Å². The minimum Gasteiger partial charge on any atom is -0.503 e. The van der Waals surface area contributed by atoms with E-state index in [9.17, 15) is 14.7 Å². The number of carbonyl (C=O) groups is 2. The summed E-state index contributed by atoms with van der Waals surface area (Å²) in [6, 6.07) is 11.0. The molecule has 0 radical (unpaired) electrons. The summed E-state index contributed by atoms with van der Waals surface area (Å²) < 4.78 is 5.21. The molecule has 136 valence electrons. The maximum atomic E-state index is 13.0. The van der Waals surface area contributed by atoms with Crippen molar-refractivity contribution in [1.29, 1.82) is 0 Å². The molecule has 1 unspecified atom stereocenters. The van der Waals surface area contributed by atoms with E-state index < -0.39 is 23.5 Å². The van der Waals surface area contributed by atoms with E-state index in [4.69, 9.17) is 16.0 Å². The molecule has 0 saturated heterocycles. The summed E-state index contributed by atoms with van der Waals surface area (Å²) in [4.78, 5) is 28.1. The number of Topliss-reactive ketones (excluding diaryl/α,β-unsaturated/α-hetero) is 1. The number of benzene rings is 1.